The zero-order valence-corrected chi connectivity index (χ0v) is 12.3. The molecule has 106 valence electrons. The number of nitrogens with zero attached hydrogens (tertiary/aromatic N) is 1. The molecule has 0 aliphatic heterocycles. The lowest BCUT2D eigenvalue weighted by Gasteiger charge is -2.24. The smallest absolute Gasteiger partial charge is 0.125 e. The molecule has 3 nitrogen and oxygen atoms in total. The summed E-state index contributed by atoms with van der Waals surface area (Å²) in [6, 6.07) is 1.94. The van der Waals surface area contributed by atoms with Crippen molar-refractivity contribution in [2.75, 3.05) is 5.32 Å². The average Bonchev–Trinajstić information content (AvgIpc) is 2.93. The molecule has 0 radical (unpaired) electrons. The molecule has 19 heavy (non-hydrogen) atoms. The van der Waals surface area contributed by atoms with Gasteiger partial charge in [0.05, 0.1) is 6.20 Å². The zero-order chi connectivity index (χ0) is 13.9. The molecule has 0 aromatic carbocycles. The first-order chi connectivity index (χ1) is 9.31. The van der Waals surface area contributed by atoms with Gasteiger partial charge in [-0.2, -0.15) is 5.10 Å². The summed E-state index contributed by atoms with van der Waals surface area (Å²) in [5.74, 6) is 1.61. The van der Waals surface area contributed by atoms with Crippen LogP contribution in [0.15, 0.2) is 36.7 Å². The standard InChI is InChI=1S/C13H19N3.C3H8/c1-2-6-12(11-7-4-3-5-8-11)15-13-9-10-14-16-13;1-3-2/h2,6,9-11H,1,3-5,7-8H2,(H2,14,15,16);3H2,1-2H3/b12-6-;. The molecule has 1 aliphatic rings. The summed E-state index contributed by atoms with van der Waals surface area (Å²) in [6.07, 6.45) is 13.6. The minimum Gasteiger partial charge on any atom is -0.344 e. The molecule has 0 bridgehead atoms. The van der Waals surface area contributed by atoms with E-state index in [0.717, 1.165) is 5.82 Å². The van der Waals surface area contributed by atoms with Crippen LogP contribution in [0.25, 0.3) is 0 Å². The fourth-order valence-corrected chi connectivity index (χ4v) is 2.30. The molecule has 1 saturated carbocycles. The quantitative estimate of drug-likeness (QED) is 0.758. The van der Waals surface area contributed by atoms with E-state index in [9.17, 15) is 0 Å². The number of hydrogen-bond donors (Lipinski definition) is 2. The van der Waals surface area contributed by atoms with Gasteiger partial charge in [-0.05, 0) is 24.8 Å². The van der Waals surface area contributed by atoms with Crippen molar-refractivity contribution < 1.29 is 0 Å². The molecule has 2 N–H and O–H groups in total. The van der Waals surface area contributed by atoms with Crippen molar-refractivity contribution in [3.05, 3.63) is 36.7 Å². The van der Waals surface area contributed by atoms with E-state index in [2.05, 4.69) is 42.0 Å². The number of anilines is 1. The highest BCUT2D eigenvalue weighted by atomic mass is 15.2. The third-order valence-corrected chi connectivity index (χ3v) is 3.12. The molecule has 0 atom stereocenters. The predicted octanol–water partition coefficient (Wildman–Crippen LogP) is 4.89. The molecule has 0 spiro atoms. The number of aromatic amines is 1. The molecule has 1 fully saturated rings. The Hall–Kier alpha value is -1.51. The van der Waals surface area contributed by atoms with Crippen molar-refractivity contribution in [2.24, 2.45) is 5.92 Å². The molecule has 1 aromatic rings. The van der Waals surface area contributed by atoms with Gasteiger partial charge < -0.3 is 5.32 Å². The fraction of sp³-hybridized carbons (Fsp3) is 0.562. The van der Waals surface area contributed by atoms with Gasteiger partial charge in [0.25, 0.3) is 0 Å². The number of nitrogens with one attached hydrogen (secondary N) is 2. The minimum atomic E-state index is 0.648. The number of rotatable bonds is 4. The Bertz CT molecular complexity index is 359. The summed E-state index contributed by atoms with van der Waals surface area (Å²) >= 11 is 0. The Labute approximate surface area is 117 Å². The molecular weight excluding hydrogens is 234 g/mol. The lowest BCUT2D eigenvalue weighted by molar-refractivity contribution is 0.404. The Kier molecular flexibility index (Phi) is 7.71. The zero-order valence-electron chi connectivity index (χ0n) is 12.3. The summed E-state index contributed by atoms with van der Waals surface area (Å²) in [5.41, 5.74) is 1.26. The first-order valence-corrected chi connectivity index (χ1v) is 7.40. The van der Waals surface area contributed by atoms with Crippen LogP contribution in [0.4, 0.5) is 5.82 Å². The van der Waals surface area contributed by atoms with E-state index in [1.54, 1.807) is 6.20 Å². The van der Waals surface area contributed by atoms with Gasteiger partial charge in [0, 0.05) is 11.8 Å². The van der Waals surface area contributed by atoms with Crippen LogP contribution in [0.1, 0.15) is 52.4 Å². The first-order valence-electron chi connectivity index (χ1n) is 7.40. The Balaban J connectivity index is 0.000000550. The first kappa shape index (κ1) is 15.5. The largest absolute Gasteiger partial charge is 0.344 e. The lowest BCUT2D eigenvalue weighted by Crippen LogP contribution is -2.15. The Morgan fingerprint density at radius 1 is 1.42 bits per heavy atom. The van der Waals surface area contributed by atoms with Gasteiger partial charge in [0.1, 0.15) is 5.82 Å². The highest BCUT2D eigenvalue weighted by Crippen LogP contribution is 2.30. The molecular formula is C16H27N3. The average molecular weight is 261 g/mol. The maximum Gasteiger partial charge on any atom is 0.125 e. The van der Waals surface area contributed by atoms with Gasteiger partial charge in [-0.15, -0.1) is 0 Å². The van der Waals surface area contributed by atoms with E-state index in [1.165, 1.54) is 44.2 Å². The normalized spacial score (nSPS) is 16.4. The van der Waals surface area contributed by atoms with E-state index in [1.807, 2.05) is 12.1 Å². The fourth-order valence-electron chi connectivity index (χ4n) is 2.30. The van der Waals surface area contributed by atoms with Crippen molar-refractivity contribution in [3.63, 3.8) is 0 Å². The molecule has 0 unspecified atom stereocenters. The van der Waals surface area contributed by atoms with E-state index < -0.39 is 0 Å². The number of aromatic nitrogens is 2. The van der Waals surface area contributed by atoms with Gasteiger partial charge in [-0.25, -0.2) is 0 Å². The van der Waals surface area contributed by atoms with Crippen molar-refractivity contribution in [2.45, 2.75) is 52.4 Å². The van der Waals surface area contributed by atoms with E-state index in [4.69, 9.17) is 0 Å². The molecule has 1 aliphatic carbocycles. The number of allylic oxidation sites excluding steroid dienone is 3. The monoisotopic (exact) mass is 261 g/mol. The van der Waals surface area contributed by atoms with Crippen LogP contribution in [0.5, 0.6) is 0 Å². The minimum absolute atomic E-state index is 0.648. The topological polar surface area (TPSA) is 40.7 Å². The summed E-state index contributed by atoms with van der Waals surface area (Å²) in [6.45, 7) is 8.03. The van der Waals surface area contributed by atoms with E-state index in [0.29, 0.717) is 5.92 Å². The highest BCUT2D eigenvalue weighted by molar-refractivity contribution is 5.41. The van der Waals surface area contributed by atoms with Crippen LogP contribution in [0.2, 0.25) is 0 Å². The molecule has 1 heterocycles. The Morgan fingerprint density at radius 3 is 2.63 bits per heavy atom. The molecule has 0 saturated heterocycles. The lowest BCUT2D eigenvalue weighted by atomic mass is 9.86. The summed E-state index contributed by atoms with van der Waals surface area (Å²) in [7, 11) is 0. The van der Waals surface area contributed by atoms with Crippen molar-refractivity contribution in [1.29, 1.82) is 0 Å². The summed E-state index contributed by atoms with van der Waals surface area (Å²) < 4.78 is 0. The maximum atomic E-state index is 3.94. The predicted molar refractivity (Wildman–Crippen MR) is 83.0 cm³/mol. The van der Waals surface area contributed by atoms with Crippen molar-refractivity contribution in [1.82, 2.24) is 10.2 Å². The summed E-state index contributed by atoms with van der Waals surface area (Å²) in [5, 5.41) is 10.3. The highest BCUT2D eigenvalue weighted by Gasteiger charge is 2.17. The van der Waals surface area contributed by atoms with E-state index >= 15 is 0 Å². The van der Waals surface area contributed by atoms with Crippen LogP contribution < -0.4 is 5.32 Å². The van der Waals surface area contributed by atoms with Crippen molar-refractivity contribution >= 4 is 5.82 Å². The van der Waals surface area contributed by atoms with Crippen LogP contribution in [-0.4, -0.2) is 10.2 Å². The number of H-pyrrole nitrogens is 1. The van der Waals surface area contributed by atoms with Crippen LogP contribution in [0.3, 0.4) is 0 Å². The van der Waals surface area contributed by atoms with Gasteiger partial charge in [0.15, 0.2) is 0 Å². The van der Waals surface area contributed by atoms with Gasteiger partial charge in [-0.1, -0.05) is 52.2 Å². The van der Waals surface area contributed by atoms with Crippen LogP contribution in [0, 0.1) is 5.92 Å². The second-order valence-corrected chi connectivity index (χ2v) is 5.00. The second-order valence-electron chi connectivity index (χ2n) is 5.00. The Morgan fingerprint density at radius 2 is 2.11 bits per heavy atom. The van der Waals surface area contributed by atoms with Crippen molar-refractivity contribution in [3.8, 4) is 0 Å². The maximum absolute atomic E-state index is 3.94. The van der Waals surface area contributed by atoms with Crippen LogP contribution >= 0.6 is 0 Å². The third kappa shape index (κ3) is 5.77. The molecule has 3 heteroatoms. The van der Waals surface area contributed by atoms with Gasteiger partial charge in [0.2, 0.25) is 0 Å². The van der Waals surface area contributed by atoms with Gasteiger partial charge >= 0.3 is 0 Å². The molecule has 2 rings (SSSR count). The van der Waals surface area contributed by atoms with Crippen LogP contribution in [-0.2, 0) is 0 Å². The number of hydrogen-bond acceptors (Lipinski definition) is 2. The SMILES string of the molecule is C=C/C=C(\Nc1ccn[nH]1)C1CCCCC1.CCC. The molecule has 0 amide bonds. The van der Waals surface area contributed by atoms with Gasteiger partial charge in [-0.3, -0.25) is 5.10 Å². The second kappa shape index (κ2) is 9.42. The van der Waals surface area contributed by atoms with E-state index in [-0.39, 0.29) is 0 Å². The molecule has 1 aromatic heterocycles. The third-order valence-electron chi connectivity index (χ3n) is 3.12. The summed E-state index contributed by atoms with van der Waals surface area (Å²) in [4.78, 5) is 0.